The maximum absolute atomic E-state index is 12.1. The van der Waals surface area contributed by atoms with E-state index in [0.29, 0.717) is 12.1 Å². The summed E-state index contributed by atoms with van der Waals surface area (Å²) in [5.41, 5.74) is 2.46. The summed E-state index contributed by atoms with van der Waals surface area (Å²) in [5.74, 6) is -2.32. The zero-order chi connectivity index (χ0) is 15.2. The van der Waals surface area contributed by atoms with E-state index in [1.165, 1.54) is 11.3 Å². The Hall–Kier alpha value is -2.45. The molecule has 0 fully saturated rings. The fourth-order valence-electron chi connectivity index (χ4n) is 1.80. The van der Waals surface area contributed by atoms with Crippen molar-refractivity contribution in [2.45, 2.75) is 13.5 Å². The number of thiophene rings is 1. The maximum atomic E-state index is 12.1. The van der Waals surface area contributed by atoms with E-state index in [4.69, 9.17) is 5.26 Å². The van der Waals surface area contributed by atoms with Crippen LogP contribution in [-0.4, -0.2) is 11.7 Å². The average Bonchev–Trinajstić information content (AvgIpc) is 3.01. The predicted octanol–water partition coefficient (Wildman–Crippen LogP) is 2.70. The lowest BCUT2D eigenvalue weighted by Gasteiger charge is -2.09. The average molecular weight is 298 g/mol. The van der Waals surface area contributed by atoms with Crippen LogP contribution >= 0.6 is 11.3 Å². The van der Waals surface area contributed by atoms with Gasteiger partial charge in [-0.2, -0.15) is 16.6 Å². The number of carbonyl (C=O) groups excluding carboxylic acids is 2. The van der Waals surface area contributed by atoms with Crippen LogP contribution in [0.25, 0.3) is 0 Å². The van der Waals surface area contributed by atoms with Crippen LogP contribution in [0.15, 0.2) is 41.1 Å². The van der Waals surface area contributed by atoms with E-state index in [2.05, 4.69) is 5.32 Å². The minimum absolute atomic E-state index is 0.300. The largest absolute Gasteiger partial charge is 0.350 e. The molecule has 0 aliphatic heterocycles. The van der Waals surface area contributed by atoms with Gasteiger partial charge >= 0.3 is 0 Å². The molecule has 2 rings (SSSR count). The summed E-state index contributed by atoms with van der Waals surface area (Å²) >= 11 is 1.36. The van der Waals surface area contributed by atoms with Crippen molar-refractivity contribution in [2.75, 3.05) is 0 Å². The Kier molecular flexibility index (Phi) is 4.85. The summed E-state index contributed by atoms with van der Waals surface area (Å²) in [5, 5.41) is 15.1. The number of nitriles is 1. The molecule has 1 N–H and O–H groups in total. The molecule has 2 aromatic rings. The van der Waals surface area contributed by atoms with Crippen LogP contribution in [-0.2, 0) is 11.3 Å². The van der Waals surface area contributed by atoms with Crippen LogP contribution in [0.4, 0.5) is 0 Å². The molecule has 0 radical (unpaired) electrons. The van der Waals surface area contributed by atoms with Gasteiger partial charge in [0.1, 0.15) is 0 Å². The first-order chi connectivity index (χ1) is 10.1. The van der Waals surface area contributed by atoms with Crippen LogP contribution < -0.4 is 5.32 Å². The van der Waals surface area contributed by atoms with Gasteiger partial charge in [0.15, 0.2) is 11.7 Å². The van der Waals surface area contributed by atoms with Gasteiger partial charge in [-0.3, -0.25) is 9.59 Å². The monoisotopic (exact) mass is 298 g/mol. The van der Waals surface area contributed by atoms with E-state index in [1.807, 2.05) is 31.2 Å². The van der Waals surface area contributed by atoms with Crippen molar-refractivity contribution >= 4 is 23.0 Å². The quantitative estimate of drug-likeness (QED) is 0.681. The molecule has 0 bridgehead atoms. The van der Waals surface area contributed by atoms with Gasteiger partial charge in [0.2, 0.25) is 5.91 Å². The molecular weight excluding hydrogens is 284 g/mol. The van der Waals surface area contributed by atoms with Gasteiger partial charge in [-0.1, -0.05) is 29.8 Å². The molecule has 5 heteroatoms. The van der Waals surface area contributed by atoms with Crippen molar-refractivity contribution in [3.63, 3.8) is 0 Å². The molecule has 0 saturated heterocycles. The highest BCUT2D eigenvalue weighted by Crippen LogP contribution is 2.13. The Morgan fingerprint density at radius 3 is 2.57 bits per heavy atom. The molecule has 0 unspecified atom stereocenters. The number of aryl methyl sites for hydroxylation is 1. The van der Waals surface area contributed by atoms with Gasteiger partial charge < -0.3 is 5.32 Å². The third-order valence-electron chi connectivity index (χ3n) is 3.05. The van der Waals surface area contributed by atoms with E-state index in [9.17, 15) is 9.59 Å². The number of carbonyl (C=O) groups is 2. The van der Waals surface area contributed by atoms with E-state index in [-0.39, 0.29) is 0 Å². The lowest BCUT2D eigenvalue weighted by Crippen LogP contribution is -2.34. The molecule has 1 aromatic heterocycles. The van der Waals surface area contributed by atoms with E-state index in [0.717, 1.165) is 11.1 Å². The number of Topliss-reactive ketones (excluding diaryl/α,β-unsaturated/α-hetero) is 1. The SMILES string of the molecule is Cc1ccc(CNC(=O)[C@@H](C#N)C(=O)c2ccsc2)cc1. The van der Waals surface area contributed by atoms with E-state index < -0.39 is 17.6 Å². The molecule has 0 aliphatic rings. The maximum Gasteiger partial charge on any atom is 0.245 e. The minimum Gasteiger partial charge on any atom is -0.350 e. The van der Waals surface area contributed by atoms with Gasteiger partial charge in [-0.15, -0.1) is 0 Å². The topological polar surface area (TPSA) is 70.0 Å². The predicted molar refractivity (Wildman–Crippen MR) is 80.8 cm³/mol. The lowest BCUT2D eigenvalue weighted by atomic mass is 10.0. The first-order valence-electron chi connectivity index (χ1n) is 6.41. The molecule has 4 nitrogen and oxygen atoms in total. The Labute approximate surface area is 127 Å². The number of benzene rings is 1. The molecular formula is C16H14N2O2S. The first-order valence-corrected chi connectivity index (χ1v) is 7.35. The smallest absolute Gasteiger partial charge is 0.245 e. The number of amides is 1. The van der Waals surface area contributed by atoms with Crippen LogP contribution in [0, 0.1) is 24.2 Å². The molecule has 1 amide bonds. The number of hydrogen-bond donors (Lipinski definition) is 1. The van der Waals surface area contributed by atoms with Crippen LogP contribution in [0.2, 0.25) is 0 Å². The second kappa shape index (κ2) is 6.82. The molecule has 21 heavy (non-hydrogen) atoms. The van der Waals surface area contributed by atoms with E-state index in [1.54, 1.807) is 22.9 Å². The van der Waals surface area contributed by atoms with Crippen LogP contribution in [0.5, 0.6) is 0 Å². The Balaban J connectivity index is 1.99. The molecule has 0 spiro atoms. The normalized spacial score (nSPS) is 11.4. The fourth-order valence-corrected chi connectivity index (χ4v) is 2.45. The second-order valence-electron chi connectivity index (χ2n) is 4.64. The van der Waals surface area contributed by atoms with Gasteiger partial charge in [0, 0.05) is 17.5 Å². The highest BCUT2D eigenvalue weighted by molar-refractivity contribution is 7.08. The molecule has 106 valence electrons. The first kappa shape index (κ1) is 14.9. The van der Waals surface area contributed by atoms with Crippen molar-refractivity contribution in [1.82, 2.24) is 5.32 Å². The highest BCUT2D eigenvalue weighted by atomic mass is 32.1. The zero-order valence-electron chi connectivity index (χ0n) is 11.5. The second-order valence-corrected chi connectivity index (χ2v) is 5.42. The van der Waals surface area contributed by atoms with Crippen molar-refractivity contribution < 1.29 is 9.59 Å². The Morgan fingerprint density at radius 2 is 2.00 bits per heavy atom. The Bertz CT molecular complexity index is 669. The van der Waals surface area contributed by atoms with E-state index >= 15 is 0 Å². The number of ketones is 1. The molecule has 1 aromatic carbocycles. The van der Waals surface area contributed by atoms with Crippen LogP contribution in [0.3, 0.4) is 0 Å². The summed E-state index contributed by atoms with van der Waals surface area (Å²) in [6.45, 7) is 2.28. The van der Waals surface area contributed by atoms with Gasteiger partial charge in [-0.25, -0.2) is 0 Å². The number of nitrogens with zero attached hydrogens (tertiary/aromatic N) is 1. The minimum atomic E-state index is -1.30. The van der Waals surface area contributed by atoms with Crippen molar-refractivity contribution in [1.29, 1.82) is 5.26 Å². The fraction of sp³-hybridized carbons (Fsp3) is 0.188. The number of hydrogen-bond acceptors (Lipinski definition) is 4. The van der Waals surface area contributed by atoms with Crippen LogP contribution in [0.1, 0.15) is 21.5 Å². The van der Waals surface area contributed by atoms with Crippen molar-refractivity contribution in [3.05, 3.63) is 57.8 Å². The molecule has 0 saturated carbocycles. The van der Waals surface area contributed by atoms with Gasteiger partial charge in [-0.05, 0) is 23.9 Å². The molecule has 1 atom stereocenters. The number of nitrogens with one attached hydrogen (secondary N) is 1. The van der Waals surface area contributed by atoms with Gasteiger partial charge in [0.25, 0.3) is 0 Å². The summed E-state index contributed by atoms with van der Waals surface area (Å²) in [6.07, 6.45) is 0. The Morgan fingerprint density at radius 1 is 1.29 bits per heavy atom. The summed E-state index contributed by atoms with van der Waals surface area (Å²) in [7, 11) is 0. The van der Waals surface area contributed by atoms with Gasteiger partial charge in [0.05, 0.1) is 6.07 Å². The third kappa shape index (κ3) is 3.77. The zero-order valence-corrected chi connectivity index (χ0v) is 12.3. The molecule has 1 heterocycles. The molecule has 0 aliphatic carbocycles. The third-order valence-corrected chi connectivity index (χ3v) is 3.73. The summed E-state index contributed by atoms with van der Waals surface area (Å²) in [6, 6.07) is 11.1. The highest BCUT2D eigenvalue weighted by Gasteiger charge is 2.27. The summed E-state index contributed by atoms with van der Waals surface area (Å²) in [4.78, 5) is 24.1. The van der Waals surface area contributed by atoms with Crippen molar-refractivity contribution in [2.24, 2.45) is 5.92 Å². The van der Waals surface area contributed by atoms with Crippen molar-refractivity contribution in [3.8, 4) is 6.07 Å². The number of rotatable bonds is 5. The summed E-state index contributed by atoms with van der Waals surface area (Å²) < 4.78 is 0. The standard InChI is InChI=1S/C16H14N2O2S/c1-11-2-4-12(5-3-11)9-18-16(20)14(8-17)15(19)13-6-7-21-10-13/h2-7,10,14H,9H2,1H3,(H,18,20)/t14-/m0/s1. The lowest BCUT2D eigenvalue weighted by molar-refractivity contribution is -0.122.